The molecular formula is C19H23N3O4S. The van der Waals surface area contributed by atoms with Gasteiger partial charge < -0.3 is 9.73 Å². The number of nitrogens with zero attached hydrogens (tertiary/aromatic N) is 1. The number of furan rings is 1. The number of nitrogens with one attached hydrogen (secondary N) is 2. The summed E-state index contributed by atoms with van der Waals surface area (Å²) < 4.78 is 32.7. The molecule has 7 nitrogen and oxygen atoms in total. The number of fused-ring (bicyclic) bond motifs is 1. The average molecular weight is 389 g/mol. The van der Waals surface area contributed by atoms with Crippen LogP contribution in [0.5, 0.6) is 0 Å². The molecule has 0 radical (unpaired) electrons. The molecule has 1 aliphatic heterocycles. The predicted molar refractivity (Wildman–Crippen MR) is 101 cm³/mol. The van der Waals surface area contributed by atoms with Crippen molar-refractivity contribution in [2.75, 3.05) is 11.4 Å². The van der Waals surface area contributed by atoms with Crippen molar-refractivity contribution in [3.05, 3.63) is 47.9 Å². The molecule has 8 heteroatoms. The SMILES string of the molecule is O=C(NC1CCCC1)N1CCc2cc(S(=O)(=O)NCc3ccco3)ccc21. The van der Waals surface area contributed by atoms with Gasteiger partial charge in [-0.1, -0.05) is 12.8 Å². The molecule has 1 saturated carbocycles. The standard InChI is InChI=1S/C19H23N3O4S/c23-19(21-15-4-1-2-5-15)22-10-9-14-12-17(7-8-18(14)22)27(24,25)20-13-16-6-3-11-26-16/h3,6-8,11-12,15,20H,1-2,4-5,9-10,13H2,(H,21,23). The summed E-state index contributed by atoms with van der Waals surface area (Å²) in [6.07, 6.45) is 6.54. The second-order valence-corrected chi connectivity index (χ2v) is 8.79. The summed E-state index contributed by atoms with van der Waals surface area (Å²) in [5, 5.41) is 3.09. The first kappa shape index (κ1) is 18.1. The molecule has 1 aliphatic carbocycles. The Bertz CT molecular complexity index is 918. The van der Waals surface area contributed by atoms with Crippen molar-refractivity contribution in [2.24, 2.45) is 0 Å². The number of carbonyl (C=O) groups is 1. The van der Waals surface area contributed by atoms with Crippen molar-refractivity contribution in [3.63, 3.8) is 0 Å². The van der Waals surface area contributed by atoms with E-state index in [1.807, 2.05) is 0 Å². The van der Waals surface area contributed by atoms with E-state index in [9.17, 15) is 13.2 Å². The van der Waals surface area contributed by atoms with Crippen LogP contribution < -0.4 is 14.9 Å². The first-order chi connectivity index (χ1) is 13.0. The average Bonchev–Trinajstić information content (AvgIpc) is 3.40. The fourth-order valence-electron chi connectivity index (χ4n) is 3.74. The highest BCUT2D eigenvalue weighted by molar-refractivity contribution is 7.89. The van der Waals surface area contributed by atoms with Crippen LogP contribution in [0.3, 0.4) is 0 Å². The Morgan fingerprint density at radius 3 is 2.78 bits per heavy atom. The molecule has 27 heavy (non-hydrogen) atoms. The Balaban J connectivity index is 1.46. The van der Waals surface area contributed by atoms with E-state index in [1.165, 1.54) is 6.26 Å². The van der Waals surface area contributed by atoms with Gasteiger partial charge in [-0.25, -0.2) is 17.9 Å². The quantitative estimate of drug-likeness (QED) is 0.823. The molecule has 1 aromatic carbocycles. The zero-order valence-corrected chi connectivity index (χ0v) is 15.8. The number of sulfonamides is 1. The summed E-state index contributed by atoms with van der Waals surface area (Å²) in [4.78, 5) is 14.5. The minimum Gasteiger partial charge on any atom is -0.468 e. The van der Waals surface area contributed by atoms with E-state index in [1.54, 1.807) is 35.2 Å². The van der Waals surface area contributed by atoms with Crippen molar-refractivity contribution in [2.45, 2.75) is 49.6 Å². The van der Waals surface area contributed by atoms with E-state index in [4.69, 9.17) is 4.42 Å². The highest BCUT2D eigenvalue weighted by atomic mass is 32.2. The van der Waals surface area contributed by atoms with Gasteiger partial charge in [-0.05, 0) is 55.2 Å². The highest BCUT2D eigenvalue weighted by Gasteiger charge is 2.28. The van der Waals surface area contributed by atoms with Gasteiger partial charge in [0, 0.05) is 18.3 Å². The van der Waals surface area contributed by atoms with Gasteiger partial charge in [0.25, 0.3) is 0 Å². The number of hydrogen-bond donors (Lipinski definition) is 2. The van der Waals surface area contributed by atoms with E-state index in [0.29, 0.717) is 18.7 Å². The van der Waals surface area contributed by atoms with Crippen molar-refractivity contribution < 1.29 is 17.6 Å². The maximum atomic E-state index is 12.6. The number of hydrogen-bond acceptors (Lipinski definition) is 4. The first-order valence-corrected chi connectivity index (χ1v) is 10.7. The van der Waals surface area contributed by atoms with Crippen LogP contribution in [0.2, 0.25) is 0 Å². The minimum absolute atomic E-state index is 0.0906. The van der Waals surface area contributed by atoms with Crippen LogP contribution in [0.4, 0.5) is 10.5 Å². The van der Waals surface area contributed by atoms with Crippen LogP contribution in [0, 0.1) is 0 Å². The fourth-order valence-corrected chi connectivity index (χ4v) is 4.79. The van der Waals surface area contributed by atoms with Crippen molar-refractivity contribution >= 4 is 21.7 Å². The Morgan fingerprint density at radius 2 is 2.04 bits per heavy atom. The van der Waals surface area contributed by atoms with Gasteiger partial charge in [-0.2, -0.15) is 0 Å². The van der Waals surface area contributed by atoms with Crippen LogP contribution in [-0.2, 0) is 23.0 Å². The van der Waals surface area contributed by atoms with Gasteiger partial charge in [0.05, 0.1) is 17.7 Å². The van der Waals surface area contributed by atoms with Gasteiger partial charge in [-0.3, -0.25) is 4.90 Å². The van der Waals surface area contributed by atoms with Crippen LogP contribution in [0.25, 0.3) is 0 Å². The van der Waals surface area contributed by atoms with Crippen LogP contribution in [0.15, 0.2) is 45.9 Å². The summed E-state index contributed by atoms with van der Waals surface area (Å²) in [6.45, 7) is 0.666. The number of urea groups is 1. The maximum absolute atomic E-state index is 12.6. The van der Waals surface area contributed by atoms with Gasteiger partial charge >= 0.3 is 6.03 Å². The lowest BCUT2D eigenvalue weighted by atomic mass is 10.2. The summed E-state index contributed by atoms with van der Waals surface area (Å²) in [7, 11) is -3.64. The van der Waals surface area contributed by atoms with E-state index in [-0.39, 0.29) is 23.5 Å². The molecule has 0 bridgehead atoms. The molecule has 0 unspecified atom stereocenters. The molecule has 1 fully saturated rings. The molecule has 0 saturated heterocycles. The van der Waals surface area contributed by atoms with Crippen molar-refractivity contribution in [1.29, 1.82) is 0 Å². The second kappa shape index (κ2) is 7.36. The van der Waals surface area contributed by atoms with Crippen LogP contribution in [0.1, 0.15) is 37.0 Å². The third-order valence-electron chi connectivity index (χ3n) is 5.20. The number of anilines is 1. The molecule has 2 aromatic rings. The Labute approximate surface area is 158 Å². The molecule has 1 aromatic heterocycles. The molecule has 0 atom stereocenters. The monoisotopic (exact) mass is 389 g/mol. The lowest BCUT2D eigenvalue weighted by Gasteiger charge is -2.21. The third-order valence-corrected chi connectivity index (χ3v) is 6.60. The first-order valence-electron chi connectivity index (χ1n) is 9.26. The maximum Gasteiger partial charge on any atom is 0.322 e. The smallest absolute Gasteiger partial charge is 0.322 e. The second-order valence-electron chi connectivity index (χ2n) is 7.03. The number of amides is 2. The molecule has 2 heterocycles. The Hall–Kier alpha value is -2.32. The van der Waals surface area contributed by atoms with E-state index in [2.05, 4.69) is 10.0 Å². The topological polar surface area (TPSA) is 91.7 Å². The molecule has 0 spiro atoms. The van der Waals surface area contributed by atoms with E-state index in [0.717, 1.165) is 36.9 Å². The van der Waals surface area contributed by atoms with Crippen LogP contribution in [-0.4, -0.2) is 27.0 Å². The zero-order valence-electron chi connectivity index (χ0n) is 15.0. The molecule has 2 aliphatic rings. The lowest BCUT2D eigenvalue weighted by molar-refractivity contribution is 0.243. The molecule has 144 valence electrons. The zero-order chi connectivity index (χ0) is 18.9. The Kier molecular flexibility index (Phi) is 4.92. The normalized spacial score (nSPS) is 17.3. The molecule has 2 N–H and O–H groups in total. The summed E-state index contributed by atoms with van der Waals surface area (Å²) >= 11 is 0. The highest BCUT2D eigenvalue weighted by Crippen LogP contribution is 2.30. The van der Waals surface area contributed by atoms with E-state index >= 15 is 0 Å². The van der Waals surface area contributed by atoms with E-state index < -0.39 is 10.0 Å². The number of carbonyl (C=O) groups excluding carboxylic acids is 1. The van der Waals surface area contributed by atoms with Gasteiger partial charge in [-0.15, -0.1) is 0 Å². The summed E-state index contributed by atoms with van der Waals surface area (Å²) in [5.41, 5.74) is 1.66. The third kappa shape index (κ3) is 3.86. The van der Waals surface area contributed by atoms with Crippen LogP contribution >= 0.6 is 0 Å². The fraction of sp³-hybridized carbons (Fsp3) is 0.421. The van der Waals surface area contributed by atoms with Crippen molar-refractivity contribution in [3.8, 4) is 0 Å². The molecule has 2 amide bonds. The predicted octanol–water partition coefficient (Wildman–Crippen LogP) is 2.77. The summed E-state index contributed by atoms with van der Waals surface area (Å²) in [5.74, 6) is 0.550. The van der Waals surface area contributed by atoms with Gasteiger partial charge in [0.1, 0.15) is 5.76 Å². The summed E-state index contributed by atoms with van der Waals surface area (Å²) in [6, 6.07) is 8.51. The minimum atomic E-state index is -3.64. The number of benzene rings is 1. The van der Waals surface area contributed by atoms with Crippen molar-refractivity contribution in [1.82, 2.24) is 10.0 Å². The number of rotatable bonds is 5. The largest absolute Gasteiger partial charge is 0.468 e. The molecular weight excluding hydrogens is 366 g/mol. The van der Waals surface area contributed by atoms with Gasteiger partial charge in [0.15, 0.2) is 0 Å². The lowest BCUT2D eigenvalue weighted by Crippen LogP contribution is -2.43. The molecule has 4 rings (SSSR count). The Morgan fingerprint density at radius 1 is 1.22 bits per heavy atom. The van der Waals surface area contributed by atoms with Gasteiger partial charge in [0.2, 0.25) is 10.0 Å².